The molecule has 2 heterocycles. The second-order valence-corrected chi connectivity index (χ2v) is 7.42. The fourth-order valence-corrected chi connectivity index (χ4v) is 3.37. The fraction of sp³-hybridized carbons (Fsp3) is 0.550. The van der Waals surface area contributed by atoms with E-state index in [-0.39, 0.29) is 5.60 Å². The number of ether oxygens (including phenoxy) is 1. The van der Waals surface area contributed by atoms with E-state index in [4.69, 9.17) is 9.72 Å². The lowest BCUT2D eigenvalue weighted by molar-refractivity contribution is -0.0682. The first-order valence-corrected chi connectivity index (χ1v) is 8.77. The number of aryl methyl sites for hydroxylation is 1. The topological polar surface area (TPSA) is 25.4 Å². The summed E-state index contributed by atoms with van der Waals surface area (Å²) in [7, 11) is 0. The summed E-state index contributed by atoms with van der Waals surface area (Å²) in [6.45, 7) is 10.7. The molecule has 1 aromatic heterocycles. The summed E-state index contributed by atoms with van der Waals surface area (Å²) in [5.74, 6) is 0. The van der Waals surface area contributed by atoms with E-state index in [1.807, 2.05) is 0 Å². The van der Waals surface area contributed by atoms with Gasteiger partial charge in [-0.25, -0.2) is 0 Å². The van der Waals surface area contributed by atoms with E-state index in [1.165, 1.54) is 16.8 Å². The van der Waals surface area contributed by atoms with Gasteiger partial charge in [0, 0.05) is 29.9 Å². The number of aromatic nitrogens is 1. The van der Waals surface area contributed by atoms with Crippen LogP contribution in [0.5, 0.6) is 0 Å². The Labute approximate surface area is 139 Å². The van der Waals surface area contributed by atoms with Gasteiger partial charge in [0.15, 0.2) is 0 Å². The number of hydrogen-bond donors (Lipinski definition) is 0. The Bertz CT molecular complexity index is 667. The minimum Gasteiger partial charge on any atom is -0.372 e. The minimum atomic E-state index is -0.0500. The fourth-order valence-electron chi connectivity index (χ4n) is 3.37. The monoisotopic (exact) mass is 312 g/mol. The number of para-hydroxylation sites is 1. The highest BCUT2D eigenvalue weighted by atomic mass is 16.5. The minimum absolute atomic E-state index is 0.0500. The Morgan fingerprint density at radius 1 is 1.17 bits per heavy atom. The van der Waals surface area contributed by atoms with Gasteiger partial charge in [0.1, 0.15) is 0 Å². The Hall–Kier alpha value is -1.61. The van der Waals surface area contributed by atoms with Crippen molar-refractivity contribution in [2.75, 3.05) is 18.0 Å². The summed E-state index contributed by atoms with van der Waals surface area (Å²) in [6.07, 6.45) is 3.54. The summed E-state index contributed by atoms with van der Waals surface area (Å²) < 4.78 is 6.16. The summed E-state index contributed by atoms with van der Waals surface area (Å²) in [5.41, 5.74) is 3.56. The number of benzene rings is 1. The smallest absolute Gasteiger partial charge is 0.0726 e. The van der Waals surface area contributed by atoms with Crippen LogP contribution in [0.3, 0.4) is 0 Å². The molecule has 1 fully saturated rings. The lowest BCUT2D eigenvalue weighted by Gasteiger charge is -2.37. The molecule has 0 aliphatic carbocycles. The summed E-state index contributed by atoms with van der Waals surface area (Å²) in [5, 5.41) is 1.26. The van der Waals surface area contributed by atoms with Crippen molar-refractivity contribution < 1.29 is 4.74 Å². The molecule has 3 rings (SSSR count). The van der Waals surface area contributed by atoms with Crippen molar-refractivity contribution >= 4 is 16.6 Å². The van der Waals surface area contributed by atoms with E-state index < -0.39 is 0 Å². The van der Waals surface area contributed by atoms with Gasteiger partial charge in [-0.15, -0.1) is 0 Å². The first-order chi connectivity index (χ1) is 11.0. The van der Waals surface area contributed by atoms with Gasteiger partial charge < -0.3 is 9.64 Å². The molecule has 1 saturated heterocycles. The molecule has 1 aliphatic rings. The van der Waals surface area contributed by atoms with Crippen LogP contribution in [-0.2, 0) is 11.2 Å². The molecule has 3 nitrogen and oxygen atoms in total. The molecule has 124 valence electrons. The molecular weight excluding hydrogens is 284 g/mol. The van der Waals surface area contributed by atoms with Crippen molar-refractivity contribution in [2.24, 2.45) is 0 Å². The van der Waals surface area contributed by atoms with Crippen LogP contribution in [0.2, 0.25) is 0 Å². The number of rotatable bonds is 3. The molecule has 0 unspecified atom stereocenters. The Balaban J connectivity index is 1.82. The molecular formula is C20H28N2O. The van der Waals surface area contributed by atoms with Gasteiger partial charge in [-0.1, -0.05) is 25.1 Å². The average Bonchev–Trinajstić information content (AvgIpc) is 2.53. The van der Waals surface area contributed by atoms with E-state index in [0.29, 0.717) is 6.10 Å². The van der Waals surface area contributed by atoms with Gasteiger partial charge in [0.05, 0.1) is 17.2 Å². The van der Waals surface area contributed by atoms with Crippen LogP contribution >= 0.6 is 0 Å². The highest BCUT2D eigenvalue weighted by molar-refractivity contribution is 5.92. The molecule has 0 radical (unpaired) electrons. The Morgan fingerprint density at radius 3 is 2.52 bits per heavy atom. The molecule has 1 aliphatic heterocycles. The number of hydrogen-bond acceptors (Lipinski definition) is 3. The molecule has 0 atom stereocenters. The third-order valence-electron chi connectivity index (χ3n) is 4.41. The second-order valence-electron chi connectivity index (χ2n) is 7.42. The van der Waals surface area contributed by atoms with Crippen molar-refractivity contribution in [2.45, 2.75) is 58.7 Å². The molecule has 0 bridgehead atoms. The van der Waals surface area contributed by atoms with E-state index in [1.54, 1.807) is 0 Å². The van der Waals surface area contributed by atoms with Crippen molar-refractivity contribution in [1.29, 1.82) is 0 Å². The van der Waals surface area contributed by atoms with Gasteiger partial charge in [0.25, 0.3) is 0 Å². The van der Waals surface area contributed by atoms with Crippen LogP contribution in [0.25, 0.3) is 10.9 Å². The van der Waals surface area contributed by atoms with Gasteiger partial charge in [-0.05, 0) is 52.2 Å². The molecule has 3 heteroatoms. The Morgan fingerprint density at radius 2 is 1.87 bits per heavy atom. The van der Waals surface area contributed by atoms with Crippen molar-refractivity contribution in [1.82, 2.24) is 4.98 Å². The lowest BCUT2D eigenvalue weighted by atomic mass is 10.0. The predicted molar refractivity (Wildman–Crippen MR) is 97.2 cm³/mol. The van der Waals surface area contributed by atoms with E-state index >= 15 is 0 Å². The second kappa shape index (κ2) is 6.48. The van der Waals surface area contributed by atoms with Gasteiger partial charge in [-0.3, -0.25) is 4.98 Å². The first-order valence-electron chi connectivity index (χ1n) is 8.77. The van der Waals surface area contributed by atoms with Gasteiger partial charge >= 0.3 is 0 Å². The zero-order valence-electron chi connectivity index (χ0n) is 14.8. The van der Waals surface area contributed by atoms with Crippen LogP contribution in [0.1, 0.15) is 46.2 Å². The maximum absolute atomic E-state index is 6.16. The standard InChI is InChI=1S/C20H28N2O/c1-5-15-14-19(17-8-6-7-9-18(17)21-15)22-12-10-16(11-13-22)23-20(2,3)4/h6-9,14,16H,5,10-13H2,1-4H3. The van der Waals surface area contributed by atoms with Gasteiger partial charge in [0.2, 0.25) is 0 Å². The number of piperidine rings is 1. The number of pyridine rings is 1. The lowest BCUT2D eigenvalue weighted by Crippen LogP contribution is -2.40. The highest BCUT2D eigenvalue weighted by Gasteiger charge is 2.25. The van der Waals surface area contributed by atoms with E-state index in [0.717, 1.165) is 37.9 Å². The molecule has 23 heavy (non-hydrogen) atoms. The Kier molecular flexibility index (Phi) is 4.58. The third kappa shape index (κ3) is 3.84. The van der Waals surface area contributed by atoms with Crippen LogP contribution in [-0.4, -0.2) is 29.8 Å². The largest absolute Gasteiger partial charge is 0.372 e. The SMILES string of the molecule is CCc1cc(N2CCC(OC(C)(C)C)CC2)c2ccccc2n1. The third-order valence-corrected chi connectivity index (χ3v) is 4.41. The molecule has 1 aromatic carbocycles. The number of fused-ring (bicyclic) bond motifs is 1. The normalized spacial score (nSPS) is 17.0. The summed E-state index contributed by atoms with van der Waals surface area (Å²) in [4.78, 5) is 7.27. The van der Waals surface area contributed by atoms with Crippen LogP contribution in [0.15, 0.2) is 30.3 Å². The maximum atomic E-state index is 6.16. The zero-order chi connectivity index (χ0) is 16.4. The van der Waals surface area contributed by atoms with Crippen LogP contribution < -0.4 is 4.90 Å². The van der Waals surface area contributed by atoms with Crippen molar-refractivity contribution in [3.8, 4) is 0 Å². The van der Waals surface area contributed by atoms with Crippen molar-refractivity contribution in [3.63, 3.8) is 0 Å². The molecule has 0 saturated carbocycles. The van der Waals surface area contributed by atoms with E-state index in [2.05, 4.69) is 62.9 Å². The number of anilines is 1. The average molecular weight is 312 g/mol. The van der Waals surface area contributed by atoms with E-state index in [9.17, 15) is 0 Å². The molecule has 0 spiro atoms. The first kappa shape index (κ1) is 16.3. The molecule has 2 aromatic rings. The van der Waals surface area contributed by atoms with Crippen molar-refractivity contribution in [3.05, 3.63) is 36.0 Å². The highest BCUT2D eigenvalue weighted by Crippen LogP contribution is 2.30. The summed E-state index contributed by atoms with van der Waals surface area (Å²) in [6, 6.07) is 10.8. The summed E-state index contributed by atoms with van der Waals surface area (Å²) >= 11 is 0. The van der Waals surface area contributed by atoms with Crippen LogP contribution in [0, 0.1) is 0 Å². The van der Waals surface area contributed by atoms with Crippen LogP contribution in [0.4, 0.5) is 5.69 Å². The number of nitrogens with zero attached hydrogens (tertiary/aromatic N) is 2. The quantitative estimate of drug-likeness (QED) is 0.829. The predicted octanol–water partition coefficient (Wildman–Crippen LogP) is 4.58. The maximum Gasteiger partial charge on any atom is 0.0726 e. The molecule has 0 amide bonds. The molecule has 0 N–H and O–H groups in total. The van der Waals surface area contributed by atoms with Gasteiger partial charge in [-0.2, -0.15) is 0 Å². The zero-order valence-corrected chi connectivity index (χ0v) is 14.8.